The summed E-state index contributed by atoms with van der Waals surface area (Å²) in [5.74, 6) is -0.322. The third-order valence-electron chi connectivity index (χ3n) is 2.03. The standard InChI is InChI=1S/C11H6ClFN2/c12-11-8(6-14)5-10(15-11)7-2-1-3-9(13)4-7/h1-5,15H. The van der Waals surface area contributed by atoms with E-state index in [-0.39, 0.29) is 11.0 Å². The van der Waals surface area contributed by atoms with Gasteiger partial charge in [-0.15, -0.1) is 0 Å². The molecule has 0 fully saturated rings. The molecule has 1 N–H and O–H groups in total. The van der Waals surface area contributed by atoms with Crippen molar-refractivity contribution in [3.63, 3.8) is 0 Å². The highest BCUT2D eigenvalue weighted by Gasteiger charge is 2.07. The van der Waals surface area contributed by atoms with E-state index in [0.717, 1.165) is 0 Å². The number of benzene rings is 1. The molecule has 0 aliphatic carbocycles. The van der Waals surface area contributed by atoms with Crippen molar-refractivity contribution in [1.82, 2.24) is 4.98 Å². The maximum atomic E-state index is 12.9. The number of hydrogen-bond donors (Lipinski definition) is 1. The number of rotatable bonds is 1. The lowest BCUT2D eigenvalue weighted by Crippen LogP contribution is -1.78. The Morgan fingerprint density at radius 3 is 2.73 bits per heavy atom. The van der Waals surface area contributed by atoms with Crippen molar-refractivity contribution in [3.8, 4) is 17.3 Å². The number of nitrogens with zero attached hydrogens (tertiary/aromatic N) is 1. The number of hydrogen-bond acceptors (Lipinski definition) is 1. The van der Waals surface area contributed by atoms with E-state index in [1.165, 1.54) is 12.1 Å². The molecule has 2 aromatic rings. The van der Waals surface area contributed by atoms with Crippen LogP contribution in [0.15, 0.2) is 30.3 Å². The van der Waals surface area contributed by atoms with Crippen molar-refractivity contribution in [2.45, 2.75) is 0 Å². The first-order valence-corrected chi connectivity index (χ1v) is 4.63. The van der Waals surface area contributed by atoms with Crippen molar-refractivity contribution in [2.24, 2.45) is 0 Å². The summed E-state index contributed by atoms with van der Waals surface area (Å²) in [6.45, 7) is 0. The molecular weight excluding hydrogens is 215 g/mol. The number of aromatic amines is 1. The molecule has 15 heavy (non-hydrogen) atoms. The fourth-order valence-corrected chi connectivity index (χ4v) is 1.52. The Hall–Kier alpha value is -1.79. The van der Waals surface area contributed by atoms with E-state index in [1.807, 2.05) is 6.07 Å². The van der Waals surface area contributed by atoms with Gasteiger partial charge in [-0.25, -0.2) is 4.39 Å². The Balaban J connectivity index is 2.51. The second-order valence-electron chi connectivity index (χ2n) is 3.03. The van der Waals surface area contributed by atoms with Crippen LogP contribution in [0.2, 0.25) is 5.15 Å². The van der Waals surface area contributed by atoms with E-state index in [2.05, 4.69) is 4.98 Å². The first-order chi connectivity index (χ1) is 7.20. The van der Waals surface area contributed by atoms with Gasteiger partial charge in [-0.1, -0.05) is 23.7 Å². The number of nitrogens with one attached hydrogen (secondary N) is 1. The van der Waals surface area contributed by atoms with Crippen LogP contribution in [0.1, 0.15) is 5.56 Å². The van der Waals surface area contributed by atoms with Crippen molar-refractivity contribution < 1.29 is 4.39 Å². The van der Waals surface area contributed by atoms with Gasteiger partial charge in [0.1, 0.15) is 17.0 Å². The van der Waals surface area contributed by atoms with Gasteiger partial charge in [0.25, 0.3) is 0 Å². The number of nitriles is 1. The summed E-state index contributed by atoms with van der Waals surface area (Å²) < 4.78 is 12.9. The molecule has 0 bridgehead atoms. The summed E-state index contributed by atoms with van der Waals surface area (Å²) in [6.07, 6.45) is 0. The average molecular weight is 221 g/mol. The van der Waals surface area contributed by atoms with Crippen LogP contribution in [0.5, 0.6) is 0 Å². The normalized spacial score (nSPS) is 9.93. The van der Waals surface area contributed by atoms with Gasteiger partial charge >= 0.3 is 0 Å². The van der Waals surface area contributed by atoms with Crippen molar-refractivity contribution in [2.75, 3.05) is 0 Å². The molecule has 4 heteroatoms. The Bertz CT molecular complexity index is 540. The quantitative estimate of drug-likeness (QED) is 0.787. The summed E-state index contributed by atoms with van der Waals surface area (Å²) in [6, 6.07) is 9.62. The van der Waals surface area contributed by atoms with Gasteiger partial charge in [0.2, 0.25) is 0 Å². The van der Waals surface area contributed by atoms with Crippen molar-refractivity contribution in [1.29, 1.82) is 5.26 Å². The van der Waals surface area contributed by atoms with Gasteiger partial charge in [0, 0.05) is 11.3 Å². The van der Waals surface area contributed by atoms with Crippen LogP contribution < -0.4 is 0 Å². The zero-order valence-electron chi connectivity index (χ0n) is 7.59. The van der Waals surface area contributed by atoms with Crippen LogP contribution in [0.25, 0.3) is 11.3 Å². The summed E-state index contributed by atoms with van der Waals surface area (Å²) in [4.78, 5) is 2.82. The van der Waals surface area contributed by atoms with Crippen LogP contribution in [0.3, 0.4) is 0 Å². The Kier molecular flexibility index (Phi) is 2.44. The topological polar surface area (TPSA) is 39.6 Å². The molecule has 74 valence electrons. The zero-order chi connectivity index (χ0) is 10.8. The largest absolute Gasteiger partial charge is 0.344 e. The summed E-state index contributed by atoms with van der Waals surface area (Å²) in [7, 11) is 0. The Morgan fingerprint density at radius 1 is 1.33 bits per heavy atom. The third kappa shape index (κ3) is 1.85. The fraction of sp³-hybridized carbons (Fsp3) is 0. The first-order valence-electron chi connectivity index (χ1n) is 4.25. The smallest absolute Gasteiger partial charge is 0.124 e. The van der Waals surface area contributed by atoms with Crippen LogP contribution in [0, 0.1) is 17.1 Å². The minimum absolute atomic E-state index is 0.275. The Labute approximate surface area is 90.9 Å². The van der Waals surface area contributed by atoms with Gasteiger partial charge in [0.15, 0.2) is 0 Å². The second kappa shape index (κ2) is 3.76. The lowest BCUT2D eigenvalue weighted by atomic mass is 10.1. The fourth-order valence-electron chi connectivity index (χ4n) is 1.32. The molecule has 0 radical (unpaired) electrons. The predicted octanol–water partition coefficient (Wildman–Crippen LogP) is 3.35. The van der Waals surface area contributed by atoms with E-state index in [9.17, 15) is 4.39 Å². The van der Waals surface area contributed by atoms with E-state index in [1.54, 1.807) is 18.2 Å². The first kappa shape index (κ1) is 9.75. The number of H-pyrrole nitrogens is 1. The molecule has 2 rings (SSSR count). The summed E-state index contributed by atoms with van der Waals surface area (Å²) in [5, 5.41) is 8.98. The molecule has 2 nitrogen and oxygen atoms in total. The molecule has 1 aromatic heterocycles. The van der Waals surface area contributed by atoms with Crippen molar-refractivity contribution >= 4 is 11.6 Å². The maximum absolute atomic E-state index is 12.9. The highest BCUT2D eigenvalue weighted by Crippen LogP contribution is 2.24. The van der Waals surface area contributed by atoms with Gasteiger partial charge < -0.3 is 4.98 Å². The van der Waals surface area contributed by atoms with Gasteiger partial charge in [-0.3, -0.25) is 0 Å². The van der Waals surface area contributed by atoms with E-state index >= 15 is 0 Å². The van der Waals surface area contributed by atoms with Crippen LogP contribution >= 0.6 is 11.6 Å². The minimum Gasteiger partial charge on any atom is -0.344 e. The average Bonchev–Trinajstić information content (AvgIpc) is 2.60. The molecule has 0 saturated heterocycles. The molecule has 0 spiro atoms. The zero-order valence-corrected chi connectivity index (χ0v) is 8.35. The molecule has 0 aliphatic heterocycles. The van der Waals surface area contributed by atoms with Crippen LogP contribution in [-0.2, 0) is 0 Å². The SMILES string of the molecule is N#Cc1cc(-c2cccc(F)c2)[nH]c1Cl. The van der Waals surface area contributed by atoms with E-state index in [0.29, 0.717) is 16.8 Å². The summed E-state index contributed by atoms with van der Waals surface area (Å²) >= 11 is 5.76. The van der Waals surface area contributed by atoms with Crippen LogP contribution in [-0.4, -0.2) is 4.98 Å². The lowest BCUT2D eigenvalue weighted by molar-refractivity contribution is 0.628. The Morgan fingerprint density at radius 2 is 2.13 bits per heavy atom. The van der Waals surface area contributed by atoms with Gasteiger partial charge in [-0.2, -0.15) is 5.26 Å². The third-order valence-corrected chi connectivity index (χ3v) is 2.32. The molecule has 0 saturated carbocycles. The van der Waals surface area contributed by atoms with E-state index < -0.39 is 0 Å². The highest BCUT2D eigenvalue weighted by molar-refractivity contribution is 6.30. The second-order valence-corrected chi connectivity index (χ2v) is 3.41. The summed E-state index contributed by atoms with van der Waals surface area (Å²) in [5.41, 5.74) is 1.66. The van der Waals surface area contributed by atoms with Gasteiger partial charge in [-0.05, 0) is 18.2 Å². The number of halogens is 2. The monoisotopic (exact) mass is 220 g/mol. The minimum atomic E-state index is -0.322. The molecular formula is C11H6ClFN2. The number of aromatic nitrogens is 1. The molecule has 0 atom stereocenters. The maximum Gasteiger partial charge on any atom is 0.124 e. The molecule has 0 unspecified atom stereocenters. The predicted molar refractivity (Wildman–Crippen MR) is 55.9 cm³/mol. The lowest BCUT2D eigenvalue weighted by Gasteiger charge is -1.96. The van der Waals surface area contributed by atoms with Crippen LogP contribution in [0.4, 0.5) is 4.39 Å². The van der Waals surface area contributed by atoms with Gasteiger partial charge in [0.05, 0.1) is 5.56 Å². The molecule has 0 aliphatic rings. The molecule has 0 amide bonds. The molecule has 1 heterocycles. The van der Waals surface area contributed by atoms with E-state index in [4.69, 9.17) is 16.9 Å². The van der Waals surface area contributed by atoms with Crippen molar-refractivity contribution in [3.05, 3.63) is 46.9 Å². The molecule has 1 aromatic carbocycles. The highest BCUT2D eigenvalue weighted by atomic mass is 35.5.